The fraction of sp³-hybridized carbons (Fsp3) is 0.750. The van der Waals surface area contributed by atoms with Gasteiger partial charge in [-0.15, -0.1) is 11.8 Å². The summed E-state index contributed by atoms with van der Waals surface area (Å²) in [5.41, 5.74) is -0.448. The number of nitrogens with zero attached hydrogens (tertiary/aromatic N) is 2. The Balaban J connectivity index is 1.91. The van der Waals surface area contributed by atoms with Crippen molar-refractivity contribution in [1.29, 1.82) is 0 Å². The van der Waals surface area contributed by atoms with Crippen molar-refractivity contribution in [2.75, 3.05) is 19.8 Å². The number of likely N-dealkylation sites (tertiary alicyclic amines) is 1. The summed E-state index contributed by atoms with van der Waals surface area (Å²) in [5, 5.41) is 10.4. The summed E-state index contributed by atoms with van der Waals surface area (Å²) in [5.74, 6) is -1.94. The molecule has 0 aromatic rings. The number of thioether (sulfide) groups is 1. The van der Waals surface area contributed by atoms with E-state index in [9.17, 15) is 19.5 Å². The SMILES string of the molecule is CC(C)C[C@H](CO)N1C(=O)[C@@H]2[C@@H]3C(=O)OCCCC/C=C\[C@]3(C)S[C@@]23C=CCN(C(C)(C)C)C(=O)C13. The monoisotopic (exact) mass is 518 g/mol. The van der Waals surface area contributed by atoms with Gasteiger partial charge in [0, 0.05) is 16.8 Å². The molecule has 0 radical (unpaired) electrons. The van der Waals surface area contributed by atoms with E-state index >= 15 is 0 Å². The Kier molecular flexibility index (Phi) is 7.43. The number of aliphatic hydroxyl groups excluding tert-OH is 1. The fourth-order valence-electron chi connectivity index (χ4n) is 6.55. The number of carbonyl (C=O) groups excluding carboxylic acids is 3. The molecule has 1 spiro atoms. The van der Waals surface area contributed by atoms with E-state index in [4.69, 9.17) is 4.74 Å². The van der Waals surface area contributed by atoms with Crippen molar-refractivity contribution in [3.63, 3.8) is 0 Å². The lowest BCUT2D eigenvalue weighted by Crippen LogP contribution is -2.59. The maximum atomic E-state index is 14.4. The molecule has 1 unspecified atom stereocenters. The molecule has 6 atom stereocenters. The second-order valence-electron chi connectivity index (χ2n) is 12.3. The van der Waals surface area contributed by atoms with Crippen LogP contribution in [0.25, 0.3) is 0 Å². The smallest absolute Gasteiger partial charge is 0.311 e. The van der Waals surface area contributed by atoms with Crippen molar-refractivity contribution in [2.45, 2.75) is 94.3 Å². The van der Waals surface area contributed by atoms with E-state index in [1.807, 2.05) is 58.6 Å². The molecule has 4 aliphatic rings. The van der Waals surface area contributed by atoms with E-state index in [-0.39, 0.29) is 30.3 Å². The number of cyclic esters (lactones) is 1. The number of hydrogen-bond donors (Lipinski definition) is 1. The first kappa shape index (κ1) is 27.2. The van der Waals surface area contributed by atoms with Crippen LogP contribution in [-0.2, 0) is 19.1 Å². The molecule has 8 heteroatoms. The predicted molar refractivity (Wildman–Crippen MR) is 141 cm³/mol. The van der Waals surface area contributed by atoms with E-state index in [0.717, 1.165) is 19.3 Å². The van der Waals surface area contributed by atoms with E-state index in [1.54, 1.807) is 16.7 Å². The number of amides is 2. The molecule has 4 heterocycles. The van der Waals surface area contributed by atoms with Gasteiger partial charge in [0.15, 0.2) is 0 Å². The summed E-state index contributed by atoms with van der Waals surface area (Å²) in [6.07, 6.45) is 11.4. The van der Waals surface area contributed by atoms with Crippen molar-refractivity contribution in [2.24, 2.45) is 17.8 Å². The average Bonchev–Trinajstić information content (AvgIpc) is 3.11. The molecule has 7 nitrogen and oxygen atoms in total. The lowest BCUT2D eigenvalue weighted by Gasteiger charge is -2.43. The molecule has 36 heavy (non-hydrogen) atoms. The van der Waals surface area contributed by atoms with Crippen LogP contribution in [-0.4, -0.2) is 79.6 Å². The minimum absolute atomic E-state index is 0.122. The zero-order chi connectivity index (χ0) is 26.5. The molecule has 0 aromatic heterocycles. The third-order valence-corrected chi connectivity index (χ3v) is 9.89. The van der Waals surface area contributed by atoms with Gasteiger partial charge in [0.05, 0.1) is 35.8 Å². The zero-order valence-electron chi connectivity index (χ0n) is 22.5. The number of allylic oxidation sites excluding steroid dienone is 1. The first-order chi connectivity index (χ1) is 16.9. The van der Waals surface area contributed by atoms with Crippen LogP contribution in [0.15, 0.2) is 24.3 Å². The largest absolute Gasteiger partial charge is 0.465 e. The molecule has 2 amide bonds. The van der Waals surface area contributed by atoms with Gasteiger partial charge in [-0.25, -0.2) is 0 Å². The molecular formula is C28H42N2O5S. The van der Waals surface area contributed by atoms with Crippen LogP contribution in [0.5, 0.6) is 0 Å². The Morgan fingerprint density at radius 2 is 1.83 bits per heavy atom. The Morgan fingerprint density at radius 3 is 2.47 bits per heavy atom. The Bertz CT molecular complexity index is 956. The molecule has 200 valence electrons. The van der Waals surface area contributed by atoms with Crippen LogP contribution in [0.4, 0.5) is 0 Å². The average molecular weight is 519 g/mol. The summed E-state index contributed by atoms with van der Waals surface area (Å²) in [6, 6.07) is -1.30. The van der Waals surface area contributed by atoms with Gasteiger partial charge in [0.1, 0.15) is 6.04 Å². The second kappa shape index (κ2) is 9.82. The highest BCUT2D eigenvalue weighted by Gasteiger charge is 2.74. The summed E-state index contributed by atoms with van der Waals surface area (Å²) < 4.78 is 4.12. The molecule has 4 rings (SSSR count). The number of rotatable bonds is 4. The Hall–Kier alpha value is -1.80. The highest BCUT2D eigenvalue weighted by atomic mass is 32.2. The highest BCUT2D eigenvalue weighted by molar-refractivity contribution is 8.02. The van der Waals surface area contributed by atoms with Gasteiger partial charge >= 0.3 is 5.97 Å². The summed E-state index contributed by atoms with van der Waals surface area (Å²) in [4.78, 5) is 45.8. The van der Waals surface area contributed by atoms with Crippen LogP contribution in [0.1, 0.15) is 67.2 Å². The van der Waals surface area contributed by atoms with Crippen molar-refractivity contribution >= 4 is 29.5 Å². The van der Waals surface area contributed by atoms with Crippen molar-refractivity contribution in [1.82, 2.24) is 9.80 Å². The highest BCUT2D eigenvalue weighted by Crippen LogP contribution is 2.65. The number of ether oxygens (including phenoxy) is 1. The third kappa shape index (κ3) is 4.42. The molecule has 0 saturated carbocycles. The molecule has 0 aromatic carbocycles. The lowest BCUT2D eigenvalue weighted by atomic mass is 9.74. The maximum absolute atomic E-state index is 14.4. The van der Waals surface area contributed by atoms with Gasteiger partial charge in [0.25, 0.3) is 0 Å². The first-order valence-electron chi connectivity index (χ1n) is 13.3. The minimum atomic E-state index is -0.921. The van der Waals surface area contributed by atoms with Gasteiger partial charge in [-0.2, -0.15) is 0 Å². The second-order valence-corrected chi connectivity index (χ2v) is 14.1. The molecule has 0 aliphatic carbocycles. The topological polar surface area (TPSA) is 87.2 Å². The molecule has 2 saturated heterocycles. The van der Waals surface area contributed by atoms with E-state index in [1.165, 1.54) is 0 Å². The van der Waals surface area contributed by atoms with Crippen molar-refractivity contribution in [3.05, 3.63) is 24.3 Å². The Morgan fingerprint density at radius 1 is 1.11 bits per heavy atom. The number of fused-ring (bicyclic) bond motifs is 2. The fourth-order valence-corrected chi connectivity index (χ4v) is 8.69. The van der Waals surface area contributed by atoms with Crippen LogP contribution >= 0.6 is 11.8 Å². The van der Waals surface area contributed by atoms with E-state index in [0.29, 0.717) is 19.6 Å². The van der Waals surface area contributed by atoms with Gasteiger partial charge in [-0.3, -0.25) is 14.4 Å². The normalized spacial score (nSPS) is 36.8. The summed E-state index contributed by atoms with van der Waals surface area (Å²) in [7, 11) is 0. The maximum Gasteiger partial charge on any atom is 0.311 e. The molecule has 1 N–H and O–H groups in total. The predicted octanol–water partition coefficient (Wildman–Crippen LogP) is 3.56. The zero-order valence-corrected chi connectivity index (χ0v) is 23.3. The lowest BCUT2D eigenvalue weighted by molar-refractivity contribution is -0.155. The van der Waals surface area contributed by atoms with Gasteiger partial charge < -0.3 is 19.6 Å². The number of carbonyl (C=O) groups is 3. The molecular weight excluding hydrogens is 476 g/mol. The molecule has 4 aliphatic heterocycles. The summed E-state index contributed by atoms with van der Waals surface area (Å²) in [6.45, 7) is 12.6. The minimum Gasteiger partial charge on any atom is -0.465 e. The van der Waals surface area contributed by atoms with Gasteiger partial charge in [-0.05, 0) is 59.3 Å². The number of esters is 1. The number of aliphatic hydroxyl groups is 1. The van der Waals surface area contributed by atoms with E-state index < -0.39 is 39.0 Å². The standard InChI is InChI=1S/C28H42N2O5S/c1-18(2)16-19(17-31)30-22-24(33)29(26(3,4)5)14-11-13-28(22)20(23(30)32)21-25(34)35-15-10-8-7-9-12-27(21,6)36-28/h9,11-13,18-22,31H,7-8,10,14-17H2,1-6H3/b12-9-/t19-,20+,21-,22?,27+,28+/m1/s1. The molecule has 2 fully saturated rings. The van der Waals surface area contributed by atoms with E-state index in [2.05, 4.69) is 12.2 Å². The summed E-state index contributed by atoms with van der Waals surface area (Å²) >= 11 is 1.56. The van der Waals surface area contributed by atoms with Crippen LogP contribution in [0.2, 0.25) is 0 Å². The first-order valence-corrected chi connectivity index (χ1v) is 14.2. The van der Waals surface area contributed by atoms with Crippen LogP contribution in [0.3, 0.4) is 0 Å². The van der Waals surface area contributed by atoms with Crippen LogP contribution in [0, 0.1) is 17.8 Å². The van der Waals surface area contributed by atoms with Gasteiger partial charge in [-0.1, -0.05) is 38.2 Å². The van der Waals surface area contributed by atoms with Crippen LogP contribution < -0.4 is 0 Å². The van der Waals surface area contributed by atoms with Crippen molar-refractivity contribution in [3.8, 4) is 0 Å². The van der Waals surface area contributed by atoms with Crippen molar-refractivity contribution < 1.29 is 24.2 Å². The van der Waals surface area contributed by atoms with Gasteiger partial charge in [0.2, 0.25) is 11.8 Å². The Labute approximate surface area is 219 Å². The molecule has 0 bridgehead atoms. The number of hydrogen-bond acceptors (Lipinski definition) is 6. The quantitative estimate of drug-likeness (QED) is 0.452. The third-order valence-electron chi connectivity index (χ3n) is 8.10.